The van der Waals surface area contributed by atoms with Gasteiger partial charge < -0.3 is 16.0 Å². The molecule has 0 fully saturated rings. The second-order valence-electron chi connectivity index (χ2n) is 8.75. The van der Waals surface area contributed by atoms with E-state index >= 15 is 0 Å². The number of benzene rings is 4. The maximum absolute atomic E-state index is 14.5. The summed E-state index contributed by atoms with van der Waals surface area (Å²) in [6.45, 7) is 1.74. The zero-order valence-corrected chi connectivity index (χ0v) is 23.2. The van der Waals surface area contributed by atoms with Crippen LogP contribution in [0.1, 0.15) is 22.8 Å². The summed E-state index contributed by atoms with van der Waals surface area (Å²) in [4.78, 5) is 39.3. The Labute approximate surface area is 244 Å². The van der Waals surface area contributed by atoms with Crippen molar-refractivity contribution in [2.24, 2.45) is 0 Å². The number of hydrogen-bond donors (Lipinski definition) is 3. The summed E-state index contributed by atoms with van der Waals surface area (Å²) in [6.07, 6.45) is 1.18. The topological polar surface area (TPSA) is 87.3 Å². The molecular formula is C31H24ClF2N3O3S. The standard InChI is InChI=1S/C31H24ClF2N3O3S/c1-19(29(38)35-22-12-10-21(33)11-13-22)41-24-16-14-23(15-17-24)36-31(40)28(18-25-26(32)8-5-9-27(25)34)37-30(39)20-6-3-2-4-7-20/h2-19H,1H3,(H,35,38)(H,36,40)(H,37,39)/b28-18-. The van der Waals surface area contributed by atoms with Crippen LogP contribution in [0, 0.1) is 11.6 Å². The Hall–Kier alpha value is -4.47. The van der Waals surface area contributed by atoms with Crippen molar-refractivity contribution >= 4 is 58.5 Å². The van der Waals surface area contributed by atoms with E-state index < -0.39 is 28.7 Å². The first-order valence-electron chi connectivity index (χ1n) is 12.4. The van der Waals surface area contributed by atoms with Crippen molar-refractivity contribution in [1.29, 1.82) is 0 Å². The van der Waals surface area contributed by atoms with E-state index in [0.29, 0.717) is 16.9 Å². The lowest BCUT2D eigenvalue weighted by atomic mass is 10.1. The highest BCUT2D eigenvalue weighted by molar-refractivity contribution is 8.00. The van der Waals surface area contributed by atoms with Crippen LogP contribution >= 0.6 is 23.4 Å². The van der Waals surface area contributed by atoms with Gasteiger partial charge in [0, 0.05) is 27.4 Å². The molecule has 6 nitrogen and oxygen atoms in total. The average molecular weight is 592 g/mol. The SMILES string of the molecule is CC(Sc1ccc(NC(=O)/C(=C/c2c(F)cccc2Cl)NC(=O)c2ccccc2)cc1)C(=O)Nc1ccc(F)cc1. The molecule has 208 valence electrons. The van der Waals surface area contributed by atoms with Gasteiger partial charge >= 0.3 is 0 Å². The van der Waals surface area contributed by atoms with Crippen LogP contribution in [-0.4, -0.2) is 23.0 Å². The predicted octanol–water partition coefficient (Wildman–Crippen LogP) is 7.15. The minimum atomic E-state index is -0.693. The van der Waals surface area contributed by atoms with Crippen LogP contribution in [0.4, 0.5) is 20.2 Å². The van der Waals surface area contributed by atoms with Crippen molar-refractivity contribution in [1.82, 2.24) is 5.32 Å². The third kappa shape index (κ3) is 8.26. The molecule has 0 radical (unpaired) electrons. The maximum Gasteiger partial charge on any atom is 0.272 e. The Kier molecular flexibility index (Phi) is 9.89. The number of amides is 3. The monoisotopic (exact) mass is 591 g/mol. The highest BCUT2D eigenvalue weighted by Gasteiger charge is 2.18. The minimum absolute atomic E-state index is 0.0488. The summed E-state index contributed by atoms with van der Waals surface area (Å²) in [7, 11) is 0. The van der Waals surface area contributed by atoms with Crippen molar-refractivity contribution in [2.45, 2.75) is 17.1 Å². The molecule has 0 aliphatic rings. The van der Waals surface area contributed by atoms with Gasteiger partial charge in [-0.3, -0.25) is 14.4 Å². The van der Waals surface area contributed by atoms with Gasteiger partial charge in [-0.25, -0.2) is 8.78 Å². The van der Waals surface area contributed by atoms with Crippen molar-refractivity contribution in [2.75, 3.05) is 10.6 Å². The van der Waals surface area contributed by atoms with Gasteiger partial charge in [-0.05, 0) is 85.8 Å². The Morgan fingerprint density at radius 2 is 1.44 bits per heavy atom. The molecule has 0 saturated heterocycles. The number of rotatable bonds is 9. The van der Waals surface area contributed by atoms with Crippen molar-refractivity contribution < 1.29 is 23.2 Å². The molecule has 3 amide bonds. The number of thioether (sulfide) groups is 1. The summed E-state index contributed by atoms with van der Waals surface area (Å²) in [5, 5.41) is 7.58. The van der Waals surface area contributed by atoms with E-state index in [9.17, 15) is 23.2 Å². The summed E-state index contributed by atoms with van der Waals surface area (Å²) in [6, 6.07) is 24.6. The highest BCUT2D eigenvalue weighted by Crippen LogP contribution is 2.26. The van der Waals surface area contributed by atoms with Crippen LogP contribution in [0.25, 0.3) is 6.08 Å². The number of nitrogens with one attached hydrogen (secondary N) is 3. The maximum atomic E-state index is 14.5. The summed E-state index contributed by atoms with van der Waals surface area (Å²) >= 11 is 7.45. The zero-order valence-electron chi connectivity index (χ0n) is 21.7. The first kappa shape index (κ1) is 29.5. The van der Waals surface area contributed by atoms with Crippen molar-refractivity contribution in [3.05, 3.63) is 131 Å². The fraction of sp³-hybridized carbons (Fsp3) is 0.0645. The van der Waals surface area contributed by atoms with Gasteiger partial charge in [-0.2, -0.15) is 0 Å². The number of carbonyl (C=O) groups is 3. The molecule has 0 aliphatic heterocycles. The molecule has 0 saturated carbocycles. The lowest BCUT2D eigenvalue weighted by Gasteiger charge is -2.14. The van der Waals surface area contributed by atoms with Gasteiger partial charge in [0.05, 0.1) is 10.3 Å². The molecule has 1 unspecified atom stereocenters. The van der Waals surface area contributed by atoms with Gasteiger partial charge in [0.25, 0.3) is 11.8 Å². The van der Waals surface area contributed by atoms with Crippen LogP contribution < -0.4 is 16.0 Å². The Balaban J connectivity index is 1.46. The number of halogens is 3. The Morgan fingerprint density at radius 1 is 0.805 bits per heavy atom. The third-order valence-corrected chi connectivity index (χ3v) is 7.16. The normalized spacial score (nSPS) is 11.9. The van der Waals surface area contributed by atoms with Gasteiger partial charge in [-0.1, -0.05) is 35.9 Å². The lowest BCUT2D eigenvalue weighted by molar-refractivity contribution is -0.115. The third-order valence-electron chi connectivity index (χ3n) is 5.72. The molecule has 0 aromatic heterocycles. The second-order valence-corrected chi connectivity index (χ2v) is 10.6. The zero-order chi connectivity index (χ0) is 29.4. The van der Waals surface area contributed by atoms with Gasteiger partial charge in [0.1, 0.15) is 17.3 Å². The van der Waals surface area contributed by atoms with E-state index in [0.717, 1.165) is 4.90 Å². The predicted molar refractivity (Wildman–Crippen MR) is 159 cm³/mol. The average Bonchev–Trinajstić information content (AvgIpc) is 2.97. The summed E-state index contributed by atoms with van der Waals surface area (Å²) in [5.41, 5.74) is 0.941. The van der Waals surface area contributed by atoms with Crippen LogP contribution in [0.15, 0.2) is 108 Å². The Bertz CT molecular complexity index is 1560. The van der Waals surface area contributed by atoms with E-state index in [1.165, 1.54) is 60.3 Å². The summed E-state index contributed by atoms with van der Waals surface area (Å²) in [5.74, 6) is -2.56. The molecule has 0 aliphatic carbocycles. The van der Waals surface area contributed by atoms with E-state index in [2.05, 4.69) is 16.0 Å². The van der Waals surface area contributed by atoms with Gasteiger partial charge in [0.15, 0.2) is 0 Å². The number of anilines is 2. The fourth-order valence-corrected chi connectivity index (χ4v) is 4.67. The first-order chi connectivity index (χ1) is 19.7. The molecule has 41 heavy (non-hydrogen) atoms. The Morgan fingerprint density at radius 3 is 2.10 bits per heavy atom. The molecule has 0 spiro atoms. The van der Waals surface area contributed by atoms with Crippen LogP contribution in [0.5, 0.6) is 0 Å². The molecule has 1 atom stereocenters. The van der Waals surface area contributed by atoms with Crippen LogP contribution in [0.3, 0.4) is 0 Å². The first-order valence-corrected chi connectivity index (χ1v) is 13.6. The van der Waals surface area contributed by atoms with Gasteiger partial charge in [0.2, 0.25) is 5.91 Å². The summed E-state index contributed by atoms with van der Waals surface area (Å²) < 4.78 is 27.6. The van der Waals surface area contributed by atoms with Crippen LogP contribution in [-0.2, 0) is 9.59 Å². The molecule has 0 heterocycles. The van der Waals surface area contributed by atoms with E-state index in [1.807, 2.05) is 0 Å². The van der Waals surface area contributed by atoms with E-state index in [-0.39, 0.29) is 22.2 Å². The molecule has 4 aromatic rings. The second kappa shape index (κ2) is 13.7. The largest absolute Gasteiger partial charge is 0.325 e. The van der Waals surface area contributed by atoms with E-state index in [4.69, 9.17) is 11.6 Å². The van der Waals surface area contributed by atoms with E-state index in [1.54, 1.807) is 61.5 Å². The van der Waals surface area contributed by atoms with Crippen molar-refractivity contribution in [3.8, 4) is 0 Å². The molecule has 4 aromatic carbocycles. The fourth-order valence-electron chi connectivity index (χ4n) is 3.59. The number of hydrogen-bond acceptors (Lipinski definition) is 4. The molecule has 4 rings (SSSR count). The molecule has 0 bridgehead atoms. The molecule has 3 N–H and O–H groups in total. The van der Waals surface area contributed by atoms with Gasteiger partial charge in [-0.15, -0.1) is 11.8 Å². The van der Waals surface area contributed by atoms with Crippen LogP contribution in [0.2, 0.25) is 5.02 Å². The highest BCUT2D eigenvalue weighted by atomic mass is 35.5. The molecular weight excluding hydrogens is 568 g/mol. The minimum Gasteiger partial charge on any atom is -0.325 e. The smallest absolute Gasteiger partial charge is 0.272 e. The number of carbonyl (C=O) groups excluding carboxylic acids is 3. The molecule has 10 heteroatoms. The lowest BCUT2D eigenvalue weighted by Crippen LogP contribution is -2.30. The quantitative estimate of drug-likeness (QED) is 0.143. The van der Waals surface area contributed by atoms with Crippen molar-refractivity contribution in [3.63, 3.8) is 0 Å².